The van der Waals surface area contributed by atoms with Gasteiger partial charge in [-0.1, -0.05) is 44.6 Å². The van der Waals surface area contributed by atoms with E-state index in [1.807, 2.05) is 13.0 Å². The summed E-state index contributed by atoms with van der Waals surface area (Å²) in [6.07, 6.45) is -5.24. The van der Waals surface area contributed by atoms with Gasteiger partial charge in [-0.05, 0) is 85.7 Å². The van der Waals surface area contributed by atoms with Crippen molar-refractivity contribution >= 4 is 0 Å². The van der Waals surface area contributed by atoms with E-state index in [4.69, 9.17) is 0 Å². The summed E-state index contributed by atoms with van der Waals surface area (Å²) in [6, 6.07) is 0. The highest BCUT2D eigenvalue weighted by atomic mass is 19.4. The van der Waals surface area contributed by atoms with Gasteiger partial charge in [0.1, 0.15) is 0 Å². The molecule has 0 spiro atoms. The molecule has 3 saturated carbocycles. The third-order valence-corrected chi connectivity index (χ3v) is 9.12. The van der Waals surface area contributed by atoms with E-state index in [-0.39, 0.29) is 42.4 Å². The Morgan fingerprint density at radius 1 is 1.08 bits per heavy atom. The third-order valence-electron chi connectivity index (χ3n) is 9.12. The number of alkyl halides is 6. The first kappa shape index (κ1) is 29.2. The lowest BCUT2D eigenvalue weighted by Gasteiger charge is -2.44. The normalized spacial score (nSPS) is 35.4. The first-order valence-corrected chi connectivity index (χ1v) is 12.8. The van der Waals surface area contributed by atoms with Crippen LogP contribution in [-0.2, 0) is 0 Å². The van der Waals surface area contributed by atoms with Gasteiger partial charge in [0.25, 0.3) is 5.60 Å². The van der Waals surface area contributed by atoms with Crippen molar-refractivity contribution in [3.63, 3.8) is 0 Å². The molecule has 0 amide bonds. The van der Waals surface area contributed by atoms with Crippen molar-refractivity contribution in [2.24, 2.45) is 23.2 Å². The number of aliphatic hydroxyl groups excluding tert-OH is 2. The molecule has 0 heterocycles. The van der Waals surface area contributed by atoms with Gasteiger partial charge in [0, 0.05) is 6.42 Å². The van der Waals surface area contributed by atoms with E-state index in [1.54, 1.807) is 0 Å². The Bertz CT molecular complexity index is 860. The molecule has 206 valence electrons. The minimum atomic E-state index is -5.77. The lowest BCUT2D eigenvalue weighted by Crippen LogP contribution is -2.56. The van der Waals surface area contributed by atoms with Crippen molar-refractivity contribution < 1.29 is 41.7 Å². The standard InChI is InChI=1S/C27H38F6O3/c1-16(6-4-13-25(36,26(28,29)30)27(31,32)33)21-10-11-22-18(7-5-12-24(21,22)3)8-9-19-14-20(34)15-23(35)17(19)2/h8-9,16,20-23,34-36H,2,4-7,10-15H2,1,3H3/b18-8+,19-9+/t16-,20+,21-,22+,23+,24-/m1/s1. The van der Waals surface area contributed by atoms with Gasteiger partial charge in [-0.15, -0.1) is 0 Å². The summed E-state index contributed by atoms with van der Waals surface area (Å²) in [5, 5.41) is 29.5. The second-order valence-electron chi connectivity index (χ2n) is 11.4. The molecule has 36 heavy (non-hydrogen) atoms. The zero-order chi connectivity index (χ0) is 27.1. The van der Waals surface area contributed by atoms with Crippen LogP contribution in [0.4, 0.5) is 26.3 Å². The lowest BCUT2D eigenvalue weighted by atomic mass is 9.60. The molecule has 6 atom stereocenters. The quantitative estimate of drug-likeness (QED) is 0.336. The Morgan fingerprint density at radius 3 is 2.33 bits per heavy atom. The molecule has 0 aliphatic heterocycles. The van der Waals surface area contributed by atoms with E-state index in [2.05, 4.69) is 19.6 Å². The van der Waals surface area contributed by atoms with Crippen LogP contribution in [0.1, 0.15) is 78.1 Å². The number of fused-ring (bicyclic) bond motifs is 1. The molecular formula is C27H38F6O3. The summed E-state index contributed by atoms with van der Waals surface area (Å²) in [7, 11) is 0. The molecule has 0 aromatic rings. The molecule has 0 aromatic heterocycles. The van der Waals surface area contributed by atoms with Crippen LogP contribution in [-0.4, -0.2) is 45.5 Å². The van der Waals surface area contributed by atoms with Crippen LogP contribution in [0.2, 0.25) is 0 Å². The Morgan fingerprint density at radius 2 is 1.72 bits per heavy atom. The molecule has 3 rings (SSSR count). The Hall–Kier alpha value is -1.32. The SMILES string of the molecule is C=C1/C(=C/C=C2\CCC[C@]3(C)[C@@H]([C@H](C)CCCC(O)(C(F)(F)F)C(F)(F)F)CC[C@@H]23)C[C@H](O)C[C@@H]1O. The van der Waals surface area contributed by atoms with Gasteiger partial charge in [-0.25, -0.2) is 0 Å². The van der Waals surface area contributed by atoms with E-state index in [1.165, 1.54) is 5.57 Å². The van der Waals surface area contributed by atoms with Crippen molar-refractivity contribution in [2.75, 3.05) is 0 Å². The second-order valence-corrected chi connectivity index (χ2v) is 11.4. The van der Waals surface area contributed by atoms with Gasteiger partial charge in [0.2, 0.25) is 0 Å². The van der Waals surface area contributed by atoms with Crippen LogP contribution in [0, 0.1) is 23.2 Å². The molecule has 3 N–H and O–H groups in total. The highest BCUT2D eigenvalue weighted by Crippen LogP contribution is 2.60. The second kappa shape index (κ2) is 10.4. The van der Waals surface area contributed by atoms with Crippen LogP contribution in [0.15, 0.2) is 35.5 Å². The zero-order valence-electron chi connectivity index (χ0n) is 20.9. The van der Waals surface area contributed by atoms with Crippen LogP contribution in [0.25, 0.3) is 0 Å². The lowest BCUT2D eigenvalue weighted by molar-refractivity contribution is -0.370. The number of rotatable bonds is 6. The largest absolute Gasteiger partial charge is 0.426 e. The van der Waals surface area contributed by atoms with Gasteiger partial charge in [-0.2, -0.15) is 26.3 Å². The molecular weight excluding hydrogens is 486 g/mol. The highest BCUT2D eigenvalue weighted by molar-refractivity contribution is 5.38. The Labute approximate surface area is 209 Å². The molecule has 0 aromatic carbocycles. The van der Waals surface area contributed by atoms with Crippen molar-refractivity contribution in [3.8, 4) is 0 Å². The van der Waals surface area contributed by atoms with Crippen molar-refractivity contribution in [1.82, 2.24) is 0 Å². The summed E-state index contributed by atoms with van der Waals surface area (Å²) < 4.78 is 78.1. The third kappa shape index (κ3) is 5.58. The average Bonchev–Trinajstić information content (AvgIpc) is 3.11. The smallest absolute Gasteiger partial charge is 0.393 e. The number of allylic oxidation sites excluding steroid dienone is 3. The molecule has 3 fully saturated rings. The molecule has 3 aliphatic rings. The first-order valence-electron chi connectivity index (χ1n) is 12.8. The van der Waals surface area contributed by atoms with Crippen molar-refractivity contribution in [3.05, 3.63) is 35.5 Å². The topological polar surface area (TPSA) is 60.7 Å². The Balaban J connectivity index is 1.69. The van der Waals surface area contributed by atoms with Crippen LogP contribution >= 0.6 is 0 Å². The monoisotopic (exact) mass is 524 g/mol. The zero-order valence-corrected chi connectivity index (χ0v) is 20.9. The molecule has 3 aliphatic carbocycles. The minimum absolute atomic E-state index is 0.0770. The molecule has 0 radical (unpaired) electrons. The van der Waals surface area contributed by atoms with Crippen molar-refractivity contribution in [1.29, 1.82) is 0 Å². The fraction of sp³-hybridized carbons (Fsp3) is 0.778. The summed E-state index contributed by atoms with van der Waals surface area (Å²) in [6.45, 7) is 8.03. The first-order chi connectivity index (χ1) is 16.5. The van der Waals surface area contributed by atoms with Gasteiger partial charge in [-0.3, -0.25) is 0 Å². The fourth-order valence-corrected chi connectivity index (χ4v) is 7.00. The summed E-state index contributed by atoms with van der Waals surface area (Å²) in [5.41, 5.74) is -2.08. The van der Waals surface area contributed by atoms with Crippen LogP contribution < -0.4 is 0 Å². The van der Waals surface area contributed by atoms with E-state index in [0.29, 0.717) is 12.0 Å². The number of hydrogen-bond acceptors (Lipinski definition) is 3. The molecule has 0 bridgehead atoms. The maximum atomic E-state index is 13.0. The van der Waals surface area contributed by atoms with Gasteiger partial charge in [0.15, 0.2) is 0 Å². The predicted octanol–water partition coefficient (Wildman–Crippen LogP) is 6.79. The van der Waals surface area contributed by atoms with Crippen LogP contribution in [0.3, 0.4) is 0 Å². The summed E-state index contributed by atoms with van der Waals surface area (Å²) >= 11 is 0. The van der Waals surface area contributed by atoms with E-state index in [0.717, 1.165) is 37.7 Å². The highest BCUT2D eigenvalue weighted by Gasteiger charge is 2.69. The van der Waals surface area contributed by atoms with Gasteiger partial charge in [0.05, 0.1) is 12.2 Å². The van der Waals surface area contributed by atoms with E-state index < -0.39 is 36.6 Å². The average molecular weight is 525 g/mol. The maximum Gasteiger partial charge on any atom is 0.426 e. The summed E-state index contributed by atoms with van der Waals surface area (Å²) in [5.74, 6) is 0.355. The van der Waals surface area contributed by atoms with Gasteiger partial charge < -0.3 is 15.3 Å². The molecule has 3 nitrogen and oxygen atoms in total. The predicted molar refractivity (Wildman–Crippen MR) is 125 cm³/mol. The van der Waals surface area contributed by atoms with E-state index in [9.17, 15) is 41.7 Å². The van der Waals surface area contributed by atoms with Gasteiger partial charge >= 0.3 is 12.4 Å². The molecule has 0 unspecified atom stereocenters. The fourth-order valence-electron chi connectivity index (χ4n) is 7.00. The summed E-state index contributed by atoms with van der Waals surface area (Å²) in [4.78, 5) is 0. The minimum Gasteiger partial charge on any atom is -0.393 e. The number of aliphatic hydroxyl groups is 3. The van der Waals surface area contributed by atoms with Crippen LogP contribution in [0.5, 0.6) is 0 Å². The maximum absolute atomic E-state index is 13.0. The number of halogens is 6. The Kier molecular flexibility index (Phi) is 8.48. The van der Waals surface area contributed by atoms with Crippen molar-refractivity contribution in [2.45, 2.75) is 108 Å². The number of hydrogen-bond donors (Lipinski definition) is 3. The molecule has 0 saturated heterocycles. The van der Waals surface area contributed by atoms with E-state index >= 15 is 0 Å². The molecule has 9 heteroatoms.